The van der Waals surface area contributed by atoms with Crippen molar-refractivity contribution in [3.05, 3.63) is 0 Å². The van der Waals surface area contributed by atoms with Crippen LogP contribution in [0.4, 0.5) is 0 Å². The third kappa shape index (κ3) is 19.7. The Morgan fingerprint density at radius 2 is 0.933 bits per heavy atom. The number of hydrogen-bond donors (Lipinski definition) is 5. The average Bonchev–Trinajstić information content (AvgIpc) is 2.06. The first-order valence-electron chi connectivity index (χ1n) is 4.58. The maximum Gasteiger partial charge on any atom is 0.192 e. The Labute approximate surface area is 103 Å². The predicted octanol–water partition coefficient (Wildman–Crippen LogP) is 1.55. The molecule has 0 unspecified atom stereocenters. The van der Waals surface area contributed by atoms with Gasteiger partial charge in [-0.25, -0.2) is 0 Å². The maximum absolute atomic E-state index is 6.47. The molecule has 0 aromatic carbocycles. The van der Waals surface area contributed by atoms with E-state index in [4.69, 9.17) is 22.3 Å². The van der Waals surface area contributed by atoms with Crippen molar-refractivity contribution in [2.75, 3.05) is 0 Å². The van der Waals surface area contributed by atoms with E-state index in [-0.39, 0.29) is 36.7 Å². The molecule has 0 amide bonds. The van der Waals surface area contributed by atoms with Crippen LogP contribution in [-0.2, 0) is 0 Å². The lowest BCUT2D eigenvalue weighted by molar-refractivity contribution is 0.504. The van der Waals surface area contributed by atoms with Crippen LogP contribution in [0.3, 0.4) is 0 Å². The summed E-state index contributed by atoms with van der Waals surface area (Å²) < 4.78 is 0. The molecule has 1 aliphatic rings. The monoisotopic (exact) mass is 257 g/mol. The first-order chi connectivity index (χ1) is 6.13. The minimum absolute atomic E-state index is 0. The van der Waals surface area contributed by atoms with Crippen LogP contribution in [-0.4, -0.2) is 11.9 Å². The van der Waals surface area contributed by atoms with Crippen molar-refractivity contribution in [3.63, 3.8) is 0 Å². The average molecular weight is 258 g/mol. The predicted molar refractivity (Wildman–Crippen MR) is 69.2 cm³/mol. The number of guanidine groups is 2. The molecular formula is C8H21Cl2N5. The lowest BCUT2D eigenvalue weighted by atomic mass is 10.0. The summed E-state index contributed by atoms with van der Waals surface area (Å²) in [7, 11) is 0. The zero-order valence-corrected chi connectivity index (χ0v) is 10.3. The van der Waals surface area contributed by atoms with E-state index in [0.717, 1.165) is 0 Å². The molecule has 0 aliphatic heterocycles. The highest BCUT2D eigenvalue weighted by Crippen LogP contribution is 2.15. The van der Waals surface area contributed by atoms with Crippen LogP contribution >= 0.6 is 24.8 Å². The number of rotatable bonds is 0. The number of hydrogen-bond acceptors (Lipinski definition) is 2. The minimum atomic E-state index is -0.312. The van der Waals surface area contributed by atoms with Crippen molar-refractivity contribution < 1.29 is 0 Å². The van der Waals surface area contributed by atoms with E-state index in [1.807, 2.05) is 5.32 Å². The Kier molecular flexibility index (Phi) is 17.6. The van der Waals surface area contributed by atoms with Crippen molar-refractivity contribution in [2.24, 2.45) is 11.5 Å². The fourth-order valence-electron chi connectivity index (χ4n) is 1.21. The van der Waals surface area contributed by atoms with Gasteiger partial charge in [-0.1, -0.05) is 38.5 Å². The van der Waals surface area contributed by atoms with Gasteiger partial charge in [0.2, 0.25) is 0 Å². The summed E-state index contributed by atoms with van der Waals surface area (Å²) in [4.78, 5) is 0. The summed E-state index contributed by atoms with van der Waals surface area (Å²) in [5.74, 6) is -0.625. The third-order valence-corrected chi connectivity index (χ3v) is 1.77. The highest BCUT2D eigenvalue weighted by molar-refractivity contribution is 5.93. The molecule has 0 heterocycles. The van der Waals surface area contributed by atoms with E-state index in [1.165, 1.54) is 38.5 Å². The summed E-state index contributed by atoms with van der Waals surface area (Å²) in [6.07, 6.45) is 9.00. The molecule has 1 fully saturated rings. The Morgan fingerprint density at radius 3 is 1.00 bits per heavy atom. The van der Waals surface area contributed by atoms with Gasteiger partial charge in [0.15, 0.2) is 11.9 Å². The van der Waals surface area contributed by atoms with Crippen LogP contribution in [0.5, 0.6) is 0 Å². The van der Waals surface area contributed by atoms with Gasteiger partial charge in [-0.05, 0) is 0 Å². The van der Waals surface area contributed by atoms with Gasteiger partial charge >= 0.3 is 0 Å². The van der Waals surface area contributed by atoms with Crippen molar-refractivity contribution in [2.45, 2.75) is 38.5 Å². The summed E-state index contributed by atoms with van der Waals surface area (Å²) in [6, 6.07) is 0. The molecule has 1 saturated carbocycles. The zero-order chi connectivity index (χ0) is 10.1. The smallest absolute Gasteiger partial charge is 0.192 e. The molecule has 1 rings (SSSR count). The number of halogens is 2. The second kappa shape index (κ2) is 13.3. The van der Waals surface area contributed by atoms with Crippen molar-refractivity contribution >= 4 is 36.7 Å². The number of nitrogens with two attached hydrogens (primary N) is 2. The highest BCUT2D eigenvalue weighted by Gasteiger charge is 1.95. The molecule has 7 heteroatoms. The van der Waals surface area contributed by atoms with Crippen molar-refractivity contribution in [3.8, 4) is 0 Å². The number of nitrogens with one attached hydrogen (secondary N) is 3. The van der Waals surface area contributed by atoms with Gasteiger partial charge < -0.3 is 11.5 Å². The van der Waals surface area contributed by atoms with Gasteiger partial charge in [-0.2, -0.15) is 0 Å². The van der Waals surface area contributed by atoms with Gasteiger partial charge in [0.25, 0.3) is 0 Å². The SMILES string of the molecule is C1CCCCC1.Cl.Cl.N=C(N)NC(=N)N. The standard InChI is InChI=1S/C6H12.C2H7N5.2ClH/c1-2-4-6-5-3-1;3-1(4)7-2(5)6;;/h1-6H2;(H7,3,4,5,6,7);2*1H. The van der Waals surface area contributed by atoms with Gasteiger partial charge in [-0.15, -0.1) is 24.8 Å². The second-order valence-corrected chi connectivity index (χ2v) is 3.07. The minimum Gasteiger partial charge on any atom is -0.370 e. The van der Waals surface area contributed by atoms with Gasteiger partial charge in [-0.3, -0.25) is 16.1 Å². The molecule has 0 saturated heterocycles. The highest BCUT2D eigenvalue weighted by atomic mass is 35.5. The zero-order valence-electron chi connectivity index (χ0n) is 8.71. The van der Waals surface area contributed by atoms with E-state index in [1.54, 1.807) is 0 Å². The Morgan fingerprint density at radius 1 is 0.733 bits per heavy atom. The van der Waals surface area contributed by atoms with Gasteiger partial charge in [0.1, 0.15) is 0 Å². The van der Waals surface area contributed by atoms with Crippen LogP contribution in [0.1, 0.15) is 38.5 Å². The first-order valence-corrected chi connectivity index (χ1v) is 4.58. The topological polar surface area (TPSA) is 112 Å². The fourth-order valence-corrected chi connectivity index (χ4v) is 1.21. The van der Waals surface area contributed by atoms with Crippen LogP contribution in [0.15, 0.2) is 0 Å². The molecule has 0 aromatic rings. The molecule has 0 radical (unpaired) electrons. The van der Waals surface area contributed by atoms with E-state index < -0.39 is 0 Å². The normalized spacial score (nSPS) is 13.1. The van der Waals surface area contributed by atoms with E-state index >= 15 is 0 Å². The lowest BCUT2D eigenvalue weighted by Gasteiger charge is -2.05. The maximum atomic E-state index is 6.47. The Hall–Kier alpha value is -0.680. The summed E-state index contributed by atoms with van der Waals surface area (Å²) >= 11 is 0. The molecule has 92 valence electrons. The molecule has 5 nitrogen and oxygen atoms in total. The molecular weight excluding hydrogens is 237 g/mol. The molecule has 0 spiro atoms. The van der Waals surface area contributed by atoms with Crippen molar-refractivity contribution in [1.82, 2.24) is 5.32 Å². The summed E-state index contributed by atoms with van der Waals surface area (Å²) in [5, 5.41) is 15.0. The molecule has 0 aromatic heterocycles. The van der Waals surface area contributed by atoms with Crippen LogP contribution in [0.25, 0.3) is 0 Å². The van der Waals surface area contributed by atoms with E-state index in [9.17, 15) is 0 Å². The van der Waals surface area contributed by atoms with E-state index in [0.29, 0.717) is 0 Å². The second-order valence-electron chi connectivity index (χ2n) is 3.07. The Balaban J connectivity index is -0.000000170. The van der Waals surface area contributed by atoms with Crippen LogP contribution < -0.4 is 16.8 Å². The molecule has 1 aliphatic carbocycles. The lowest BCUT2D eigenvalue weighted by Crippen LogP contribution is -2.39. The van der Waals surface area contributed by atoms with Crippen LogP contribution in [0.2, 0.25) is 0 Å². The molecule has 0 bridgehead atoms. The summed E-state index contributed by atoms with van der Waals surface area (Å²) in [6.45, 7) is 0. The quantitative estimate of drug-likeness (QED) is 0.335. The Bertz CT molecular complexity index is 147. The third-order valence-electron chi connectivity index (χ3n) is 1.77. The fraction of sp³-hybridized carbons (Fsp3) is 0.750. The van der Waals surface area contributed by atoms with Gasteiger partial charge in [0.05, 0.1) is 0 Å². The molecule has 0 atom stereocenters. The van der Waals surface area contributed by atoms with Crippen LogP contribution in [0, 0.1) is 10.8 Å². The molecule has 7 N–H and O–H groups in total. The first kappa shape index (κ1) is 19.8. The summed E-state index contributed by atoms with van der Waals surface area (Å²) in [5.41, 5.74) is 9.49. The van der Waals surface area contributed by atoms with Crippen molar-refractivity contribution in [1.29, 1.82) is 10.8 Å². The molecule has 15 heavy (non-hydrogen) atoms. The largest absolute Gasteiger partial charge is 0.370 e. The van der Waals surface area contributed by atoms with Gasteiger partial charge in [0, 0.05) is 0 Å². The van der Waals surface area contributed by atoms with E-state index in [2.05, 4.69) is 0 Å².